The number of anilines is 3. The molecule has 2 nitrogen and oxygen atoms in total. The summed E-state index contributed by atoms with van der Waals surface area (Å²) < 4.78 is 1.23. The predicted molar refractivity (Wildman–Crippen MR) is 205 cm³/mol. The van der Waals surface area contributed by atoms with Crippen LogP contribution in [0.5, 0.6) is 0 Å². The second-order valence-electron chi connectivity index (χ2n) is 12.4. The highest BCUT2D eigenvalue weighted by molar-refractivity contribution is 7.25. The lowest BCUT2D eigenvalue weighted by Crippen LogP contribution is -2.10. The molecule has 2 heterocycles. The molecule has 0 fully saturated rings. The van der Waals surface area contributed by atoms with Gasteiger partial charge in [-0.2, -0.15) is 0 Å². The Hall–Kier alpha value is -6.03. The smallest absolute Gasteiger partial charge is 0.124 e. The van der Waals surface area contributed by atoms with E-state index in [2.05, 4.69) is 163 Å². The fourth-order valence-electron chi connectivity index (χ4n) is 7.46. The fourth-order valence-corrected chi connectivity index (χ4v) is 8.53. The zero-order valence-electron chi connectivity index (χ0n) is 26.0. The molecule has 0 bridgehead atoms. The normalized spacial score (nSPS) is 11.8. The highest BCUT2D eigenvalue weighted by Crippen LogP contribution is 2.49. The zero-order chi connectivity index (χ0) is 31.6. The summed E-state index contributed by atoms with van der Waals surface area (Å²) in [5, 5.41) is 5.08. The van der Waals surface area contributed by atoms with Crippen molar-refractivity contribution in [1.82, 2.24) is 4.98 Å². The van der Waals surface area contributed by atoms with Gasteiger partial charge in [-0.25, -0.2) is 4.98 Å². The molecule has 48 heavy (non-hydrogen) atoms. The summed E-state index contributed by atoms with van der Waals surface area (Å²) in [5.74, 6) is 0. The lowest BCUT2D eigenvalue weighted by Gasteiger charge is -2.27. The molecule has 0 unspecified atom stereocenters. The average molecular weight is 629 g/mol. The summed E-state index contributed by atoms with van der Waals surface area (Å²) in [7, 11) is 0. The number of aromatic nitrogens is 1. The first-order valence-electron chi connectivity index (χ1n) is 16.3. The van der Waals surface area contributed by atoms with Crippen molar-refractivity contribution in [2.75, 3.05) is 4.90 Å². The minimum absolute atomic E-state index is 1.06. The molecule has 7 aromatic carbocycles. The number of hydrogen-bond donors (Lipinski definition) is 0. The van der Waals surface area contributed by atoms with Crippen molar-refractivity contribution in [1.29, 1.82) is 0 Å². The Balaban J connectivity index is 1.09. The Morgan fingerprint density at radius 3 is 1.83 bits per heavy atom. The van der Waals surface area contributed by atoms with Crippen LogP contribution < -0.4 is 4.90 Å². The van der Waals surface area contributed by atoms with Crippen LogP contribution in [0.4, 0.5) is 17.1 Å². The summed E-state index contributed by atoms with van der Waals surface area (Å²) >= 11 is 1.75. The van der Waals surface area contributed by atoms with Gasteiger partial charge in [-0.05, 0) is 110 Å². The first-order chi connectivity index (χ1) is 23.8. The minimum atomic E-state index is 1.06. The molecule has 1 aliphatic rings. The molecule has 224 valence electrons. The second-order valence-corrected chi connectivity index (χ2v) is 13.4. The van der Waals surface area contributed by atoms with E-state index in [0.717, 1.165) is 21.9 Å². The first kappa shape index (κ1) is 27.1. The number of benzene rings is 7. The van der Waals surface area contributed by atoms with Gasteiger partial charge < -0.3 is 4.90 Å². The Bertz CT molecular complexity index is 2650. The topological polar surface area (TPSA) is 16.1 Å². The summed E-state index contributed by atoms with van der Waals surface area (Å²) in [6.45, 7) is 0. The van der Waals surface area contributed by atoms with E-state index in [1.807, 2.05) is 12.3 Å². The van der Waals surface area contributed by atoms with Gasteiger partial charge in [0.05, 0.1) is 5.69 Å². The number of pyridine rings is 1. The van der Waals surface area contributed by atoms with E-state index in [-0.39, 0.29) is 0 Å². The van der Waals surface area contributed by atoms with Crippen LogP contribution in [-0.2, 0) is 0 Å². The molecule has 3 heteroatoms. The van der Waals surface area contributed by atoms with E-state index in [1.54, 1.807) is 11.3 Å². The maximum atomic E-state index is 4.70. The van der Waals surface area contributed by atoms with E-state index in [1.165, 1.54) is 70.8 Å². The molecular weight excluding hydrogens is 601 g/mol. The zero-order valence-corrected chi connectivity index (χ0v) is 26.8. The van der Waals surface area contributed by atoms with Crippen molar-refractivity contribution < 1.29 is 0 Å². The SMILES string of the molecule is c1ccc(-c2ccc(N(c3ccc(-c4ccc5c(c4)-c4cccc6cccc-5c46)cc3)c3cccc4sc5ncccc5c34)cc2)cc1. The number of nitrogens with zero attached hydrogens (tertiary/aromatic N) is 2. The standard InChI is InChI=1S/C45H28N2S/c1-2-8-29(9-3-1)30-17-22-34(23-18-30)47(41-15-6-16-42-44(41)39-14-7-27-46-45(39)48-42)35-24-19-31(20-25-35)33-21-26-36-37-12-4-10-32-11-5-13-38(43(32)37)40(36)28-33/h1-28H. The molecular formula is C45H28N2S. The Morgan fingerprint density at radius 2 is 1.08 bits per heavy atom. The third kappa shape index (κ3) is 4.22. The van der Waals surface area contributed by atoms with Gasteiger partial charge in [0.2, 0.25) is 0 Å². The van der Waals surface area contributed by atoms with Gasteiger partial charge >= 0.3 is 0 Å². The summed E-state index contributed by atoms with van der Waals surface area (Å²) in [5.41, 5.74) is 13.5. The van der Waals surface area contributed by atoms with Crippen LogP contribution in [0.2, 0.25) is 0 Å². The van der Waals surface area contributed by atoms with Gasteiger partial charge in [-0.15, -0.1) is 11.3 Å². The predicted octanol–water partition coefficient (Wildman–Crippen LogP) is 13.1. The van der Waals surface area contributed by atoms with Crippen LogP contribution in [0.25, 0.3) is 75.6 Å². The Morgan fingerprint density at radius 1 is 0.438 bits per heavy atom. The third-order valence-corrected chi connectivity index (χ3v) is 10.8. The maximum Gasteiger partial charge on any atom is 0.124 e. The van der Waals surface area contributed by atoms with E-state index in [9.17, 15) is 0 Å². The van der Waals surface area contributed by atoms with Gasteiger partial charge in [-0.1, -0.05) is 109 Å². The highest BCUT2D eigenvalue weighted by Gasteiger charge is 2.22. The Labute approximate surface area is 282 Å². The third-order valence-electron chi connectivity index (χ3n) is 9.69. The number of fused-ring (bicyclic) bond motifs is 6. The van der Waals surface area contributed by atoms with E-state index in [0.29, 0.717) is 0 Å². The summed E-state index contributed by atoms with van der Waals surface area (Å²) in [6.07, 6.45) is 1.88. The van der Waals surface area contributed by atoms with Gasteiger partial charge in [0, 0.05) is 33.0 Å². The average Bonchev–Trinajstić information content (AvgIpc) is 3.70. The largest absolute Gasteiger partial charge is 0.310 e. The number of thiophene rings is 1. The number of rotatable bonds is 5. The minimum Gasteiger partial charge on any atom is -0.310 e. The summed E-state index contributed by atoms with van der Waals surface area (Å²) in [6, 6.07) is 59.6. The van der Waals surface area contributed by atoms with Crippen molar-refractivity contribution in [3.05, 3.63) is 170 Å². The van der Waals surface area contributed by atoms with E-state index in [4.69, 9.17) is 4.98 Å². The van der Waals surface area contributed by atoms with Crippen molar-refractivity contribution >= 4 is 59.5 Å². The molecule has 0 radical (unpaired) electrons. The van der Waals surface area contributed by atoms with E-state index >= 15 is 0 Å². The van der Waals surface area contributed by atoms with Crippen LogP contribution in [0.3, 0.4) is 0 Å². The van der Waals surface area contributed by atoms with E-state index < -0.39 is 0 Å². The molecule has 0 N–H and O–H groups in total. The van der Waals surface area contributed by atoms with Crippen molar-refractivity contribution in [2.24, 2.45) is 0 Å². The first-order valence-corrected chi connectivity index (χ1v) is 17.1. The van der Waals surface area contributed by atoms with Crippen LogP contribution in [0.1, 0.15) is 0 Å². The van der Waals surface area contributed by atoms with Crippen LogP contribution in [-0.4, -0.2) is 4.98 Å². The monoisotopic (exact) mass is 628 g/mol. The molecule has 0 spiro atoms. The molecule has 1 aliphatic carbocycles. The number of hydrogen-bond acceptors (Lipinski definition) is 3. The molecule has 10 rings (SSSR count). The van der Waals surface area contributed by atoms with Crippen LogP contribution in [0.15, 0.2) is 170 Å². The fraction of sp³-hybridized carbons (Fsp3) is 0. The van der Waals surface area contributed by atoms with Crippen molar-refractivity contribution in [3.8, 4) is 44.5 Å². The van der Waals surface area contributed by atoms with Crippen molar-refractivity contribution in [3.63, 3.8) is 0 Å². The van der Waals surface area contributed by atoms with Gasteiger partial charge in [0.25, 0.3) is 0 Å². The summed E-state index contributed by atoms with van der Waals surface area (Å²) in [4.78, 5) is 8.15. The molecule has 9 aromatic rings. The van der Waals surface area contributed by atoms with Gasteiger partial charge in [-0.3, -0.25) is 0 Å². The quantitative estimate of drug-likeness (QED) is 0.188. The van der Waals surface area contributed by atoms with Gasteiger partial charge in [0.1, 0.15) is 4.83 Å². The van der Waals surface area contributed by atoms with Crippen LogP contribution in [0, 0.1) is 0 Å². The lowest BCUT2D eigenvalue weighted by atomic mass is 9.97. The lowest BCUT2D eigenvalue weighted by molar-refractivity contribution is 1.30. The molecule has 0 aliphatic heterocycles. The van der Waals surface area contributed by atoms with Crippen molar-refractivity contribution in [2.45, 2.75) is 0 Å². The molecule has 0 saturated heterocycles. The molecule has 0 amide bonds. The maximum absolute atomic E-state index is 4.70. The molecule has 0 saturated carbocycles. The van der Waals surface area contributed by atoms with Crippen LogP contribution >= 0.6 is 11.3 Å². The second kappa shape index (κ2) is 10.8. The highest BCUT2D eigenvalue weighted by atomic mass is 32.1. The molecule has 0 atom stereocenters. The Kier molecular flexibility index (Phi) is 6.08. The van der Waals surface area contributed by atoms with Gasteiger partial charge in [0.15, 0.2) is 0 Å². The molecule has 2 aromatic heterocycles.